The first kappa shape index (κ1) is 18.4. The quantitative estimate of drug-likeness (QED) is 0.559. The highest BCUT2D eigenvalue weighted by Crippen LogP contribution is 2.29. The molecular formula is C23H20FN5O. The van der Waals surface area contributed by atoms with E-state index in [0.717, 1.165) is 47.4 Å². The molecule has 0 spiro atoms. The van der Waals surface area contributed by atoms with Gasteiger partial charge in [-0.3, -0.25) is 19.9 Å². The molecule has 1 fully saturated rings. The molecule has 1 atom stereocenters. The summed E-state index contributed by atoms with van der Waals surface area (Å²) in [5.74, 6) is -0.0780. The maximum Gasteiger partial charge on any atom is 0.253 e. The van der Waals surface area contributed by atoms with Gasteiger partial charge in [-0.05, 0) is 61.4 Å². The maximum absolute atomic E-state index is 13.2. The van der Waals surface area contributed by atoms with E-state index in [1.54, 1.807) is 30.6 Å². The molecule has 0 saturated carbocycles. The molecule has 150 valence electrons. The number of carbonyl (C=O) groups is 1. The summed E-state index contributed by atoms with van der Waals surface area (Å²) in [5, 5.41) is 7.50. The summed E-state index contributed by atoms with van der Waals surface area (Å²) >= 11 is 0. The van der Waals surface area contributed by atoms with Crippen LogP contribution in [0.4, 0.5) is 4.39 Å². The largest absolute Gasteiger partial charge is 0.338 e. The highest BCUT2D eigenvalue weighted by atomic mass is 19.1. The van der Waals surface area contributed by atoms with Crippen molar-refractivity contribution in [1.29, 1.82) is 0 Å². The van der Waals surface area contributed by atoms with Crippen molar-refractivity contribution in [3.05, 3.63) is 78.0 Å². The molecule has 0 unspecified atom stereocenters. The van der Waals surface area contributed by atoms with Crippen molar-refractivity contribution in [2.75, 3.05) is 13.1 Å². The van der Waals surface area contributed by atoms with Gasteiger partial charge in [-0.2, -0.15) is 5.10 Å². The maximum atomic E-state index is 13.2. The number of hydrogen-bond donors (Lipinski definition) is 1. The van der Waals surface area contributed by atoms with Crippen LogP contribution < -0.4 is 0 Å². The Morgan fingerprint density at radius 1 is 1.03 bits per heavy atom. The molecule has 5 rings (SSSR count). The summed E-state index contributed by atoms with van der Waals surface area (Å²) in [5.41, 5.74) is 4.75. The van der Waals surface area contributed by atoms with Gasteiger partial charge in [0.2, 0.25) is 0 Å². The molecule has 1 saturated heterocycles. The number of fused-ring (bicyclic) bond motifs is 1. The lowest BCUT2D eigenvalue weighted by atomic mass is 9.93. The second kappa shape index (κ2) is 7.67. The summed E-state index contributed by atoms with van der Waals surface area (Å²) in [6.07, 6.45) is 5.18. The van der Waals surface area contributed by atoms with E-state index in [2.05, 4.69) is 20.2 Å². The Morgan fingerprint density at radius 2 is 1.83 bits per heavy atom. The van der Waals surface area contributed by atoms with Crippen LogP contribution in [0.1, 0.15) is 34.8 Å². The third-order valence-electron chi connectivity index (χ3n) is 5.60. The molecule has 4 aromatic rings. The van der Waals surface area contributed by atoms with Gasteiger partial charge >= 0.3 is 0 Å². The zero-order valence-corrected chi connectivity index (χ0v) is 16.3. The Hall–Kier alpha value is -3.61. The molecule has 0 radical (unpaired) electrons. The Labute approximate surface area is 172 Å². The number of nitrogens with one attached hydrogen (secondary N) is 1. The molecule has 6 nitrogen and oxygen atoms in total. The van der Waals surface area contributed by atoms with Crippen LogP contribution in [0.5, 0.6) is 0 Å². The molecule has 2 aromatic carbocycles. The number of carbonyl (C=O) groups excluding carboxylic acids is 1. The Balaban J connectivity index is 1.34. The minimum Gasteiger partial charge on any atom is -0.338 e. The van der Waals surface area contributed by atoms with E-state index < -0.39 is 0 Å². The Bertz CT molecular complexity index is 1200. The van der Waals surface area contributed by atoms with E-state index in [4.69, 9.17) is 0 Å². The minimum atomic E-state index is -0.268. The zero-order valence-electron chi connectivity index (χ0n) is 16.3. The molecule has 3 heterocycles. The molecule has 0 bridgehead atoms. The highest BCUT2D eigenvalue weighted by Gasteiger charge is 2.27. The van der Waals surface area contributed by atoms with Gasteiger partial charge in [-0.25, -0.2) is 4.39 Å². The van der Waals surface area contributed by atoms with Crippen LogP contribution in [-0.4, -0.2) is 44.1 Å². The van der Waals surface area contributed by atoms with E-state index in [1.807, 2.05) is 23.1 Å². The molecular weight excluding hydrogens is 381 g/mol. The number of rotatable bonds is 3. The number of aromatic amines is 1. The fraction of sp³-hybridized carbons (Fsp3) is 0.217. The number of nitrogens with zero attached hydrogens (tertiary/aromatic N) is 4. The minimum absolute atomic E-state index is 0.00512. The molecule has 30 heavy (non-hydrogen) atoms. The van der Waals surface area contributed by atoms with E-state index in [-0.39, 0.29) is 17.6 Å². The second-order valence-electron chi connectivity index (χ2n) is 7.57. The topological polar surface area (TPSA) is 74.8 Å². The van der Waals surface area contributed by atoms with Crippen molar-refractivity contribution in [2.45, 2.75) is 18.8 Å². The van der Waals surface area contributed by atoms with Crippen LogP contribution in [0.25, 0.3) is 22.3 Å². The van der Waals surface area contributed by atoms with Crippen molar-refractivity contribution < 1.29 is 9.18 Å². The average molecular weight is 401 g/mol. The summed E-state index contributed by atoms with van der Waals surface area (Å²) in [7, 11) is 0. The fourth-order valence-electron chi connectivity index (χ4n) is 4.01. The predicted molar refractivity (Wildman–Crippen MR) is 111 cm³/mol. The first-order valence-electron chi connectivity index (χ1n) is 9.99. The van der Waals surface area contributed by atoms with E-state index in [1.165, 1.54) is 12.1 Å². The fourth-order valence-corrected chi connectivity index (χ4v) is 4.01. The first-order valence-corrected chi connectivity index (χ1v) is 9.99. The number of benzene rings is 2. The SMILES string of the molecule is O=C(c1ccc2nccnc2c1)N1CCC[C@H](c2cc(-c3ccc(F)cc3)n[nH]2)C1. The lowest BCUT2D eigenvalue weighted by Crippen LogP contribution is -2.39. The van der Waals surface area contributed by atoms with Crippen molar-refractivity contribution >= 4 is 16.9 Å². The third-order valence-corrected chi connectivity index (χ3v) is 5.60. The van der Waals surface area contributed by atoms with Gasteiger partial charge < -0.3 is 4.90 Å². The summed E-state index contributed by atoms with van der Waals surface area (Å²) in [4.78, 5) is 23.5. The standard InChI is InChI=1S/C23H20FN5O/c24-18-6-3-15(4-7-18)20-13-21(28-27-20)17-2-1-11-29(14-17)23(30)16-5-8-19-22(12-16)26-10-9-25-19/h3-10,12-13,17H,1-2,11,14H2,(H,27,28)/t17-/m0/s1. The van der Waals surface area contributed by atoms with Crippen molar-refractivity contribution in [3.8, 4) is 11.3 Å². The average Bonchev–Trinajstić information content (AvgIpc) is 3.29. The van der Waals surface area contributed by atoms with Gasteiger partial charge in [0.05, 0.1) is 16.7 Å². The van der Waals surface area contributed by atoms with Crippen LogP contribution in [0.2, 0.25) is 0 Å². The third kappa shape index (κ3) is 3.54. The van der Waals surface area contributed by atoms with Gasteiger partial charge in [0.15, 0.2) is 0 Å². The van der Waals surface area contributed by atoms with Crippen LogP contribution in [0.3, 0.4) is 0 Å². The zero-order chi connectivity index (χ0) is 20.5. The van der Waals surface area contributed by atoms with E-state index >= 15 is 0 Å². The van der Waals surface area contributed by atoms with Crippen LogP contribution in [0, 0.1) is 5.82 Å². The normalized spacial score (nSPS) is 16.7. The van der Waals surface area contributed by atoms with Crippen molar-refractivity contribution in [2.24, 2.45) is 0 Å². The number of amides is 1. The predicted octanol–water partition coefficient (Wildman–Crippen LogP) is 4.18. The monoisotopic (exact) mass is 401 g/mol. The van der Waals surface area contributed by atoms with Gasteiger partial charge in [0, 0.05) is 48.2 Å². The molecule has 0 aliphatic carbocycles. The Kier molecular flexibility index (Phi) is 4.71. The highest BCUT2D eigenvalue weighted by molar-refractivity contribution is 5.97. The smallest absolute Gasteiger partial charge is 0.253 e. The number of likely N-dealkylation sites (tertiary alicyclic amines) is 1. The lowest BCUT2D eigenvalue weighted by Gasteiger charge is -2.32. The van der Waals surface area contributed by atoms with Gasteiger partial charge in [-0.15, -0.1) is 0 Å². The molecule has 1 N–H and O–H groups in total. The number of aromatic nitrogens is 4. The number of H-pyrrole nitrogens is 1. The lowest BCUT2D eigenvalue weighted by molar-refractivity contribution is 0.0706. The van der Waals surface area contributed by atoms with E-state index in [9.17, 15) is 9.18 Å². The molecule has 1 amide bonds. The molecule has 7 heteroatoms. The molecule has 1 aliphatic heterocycles. The first-order chi connectivity index (χ1) is 14.7. The molecule has 1 aliphatic rings. The van der Waals surface area contributed by atoms with Gasteiger partial charge in [0.1, 0.15) is 5.82 Å². The second-order valence-corrected chi connectivity index (χ2v) is 7.57. The van der Waals surface area contributed by atoms with E-state index in [0.29, 0.717) is 12.1 Å². The summed E-state index contributed by atoms with van der Waals surface area (Å²) in [6.45, 7) is 1.36. The summed E-state index contributed by atoms with van der Waals surface area (Å²) in [6, 6.07) is 13.7. The van der Waals surface area contributed by atoms with Crippen LogP contribution >= 0.6 is 0 Å². The van der Waals surface area contributed by atoms with Crippen LogP contribution in [-0.2, 0) is 0 Å². The summed E-state index contributed by atoms with van der Waals surface area (Å²) < 4.78 is 13.2. The van der Waals surface area contributed by atoms with Crippen molar-refractivity contribution in [3.63, 3.8) is 0 Å². The van der Waals surface area contributed by atoms with Gasteiger partial charge in [-0.1, -0.05) is 0 Å². The number of halogens is 1. The Morgan fingerprint density at radius 3 is 2.67 bits per heavy atom. The number of hydrogen-bond acceptors (Lipinski definition) is 4. The number of piperidine rings is 1. The van der Waals surface area contributed by atoms with Crippen LogP contribution in [0.15, 0.2) is 60.9 Å². The van der Waals surface area contributed by atoms with Crippen molar-refractivity contribution in [1.82, 2.24) is 25.1 Å². The molecule has 2 aromatic heterocycles. The van der Waals surface area contributed by atoms with Gasteiger partial charge in [0.25, 0.3) is 5.91 Å².